The molecule has 0 saturated heterocycles. The predicted octanol–water partition coefficient (Wildman–Crippen LogP) is 2.20. The minimum absolute atomic E-state index is 0.107. The van der Waals surface area contributed by atoms with Crippen molar-refractivity contribution in [2.45, 2.75) is 39.8 Å². The predicted molar refractivity (Wildman–Crippen MR) is 91.6 cm³/mol. The molecule has 0 radical (unpaired) electrons. The summed E-state index contributed by atoms with van der Waals surface area (Å²) in [5, 5.41) is 5.20. The Balaban J connectivity index is 2.42. The molecule has 6 nitrogen and oxygen atoms in total. The summed E-state index contributed by atoms with van der Waals surface area (Å²) in [4.78, 5) is 25.3. The highest BCUT2D eigenvalue weighted by Crippen LogP contribution is 2.18. The molecule has 0 bridgehead atoms. The first kappa shape index (κ1) is 18.8. The van der Waals surface area contributed by atoms with Gasteiger partial charge in [-0.15, -0.1) is 0 Å². The van der Waals surface area contributed by atoms with Gasteiger partial charge in [0.2, 0.25) is 5.91 Å². The van der Waals surface area contributed by atoms with Gasteiger partial charge < -0.3 is 20.3 Å². The second-order valence-electron chi connectivity index (χ2n) is 6.65. The largest absolute Gasteiger partial charge is 0.444 e. The number of nitrogens with zero attached hydrogens (tertiary/aromatic N) is 1. The van der Waals surface area contributed by atoms with Gasteiger partial charge in [0.1, 0.15) is 12.1 Å². The topological polar surface area (TPSA) is 70.7 Å². The van der Waals surface area contributed by atoms with Gasteiger partial charge in [0.05, 0.1) is 0 Å². The van der Waals surface area contributed by atoms with Crippen LogP contribution in [-0.4, -0.2) is 38.2 Å². The van der Waals surface area contributed by atoms with Gasteiger partial charge >= 0.3 is 6.09 Å². The second-order valence-corrected chi connectivity index (χ2v) is 6.65. The average molecular weight is 321 g/mol. The van der Waals surface area contributed by atoms with E-state index in [1.807, 2.05) is 44.1 Å². The van der Waals surface area contributed by atoms with Gasteiger partial charge in [0.15, 0.2) is 0 Å². The van der Waals surface area contributed by atoms with Gasteiger partial charge in [-0.2, -0.15) is 0 Å². The van der Waals surface area contributed by atoms with Crippen molar-refractivity contribution in [3.05, 3.63) is 29.3 Å². The van der Waals surface area contributed by atoms with Crippen LogP contribution in [0, 0.1) is 6.92 Å². The van der Waals surface area contributed by atoms with E-state index in [9.17, 15) is 9.59 Å². The lowest BCUT2D eigenvalue weighted by atomic mass is 10.1. The molecule has 0 aliphatic rings. The number of hydrogen-bond donors (Lipinski definition) is 2. The van der Waals surface area contributed by atoms with E-state index in [-0.39, 0.29) is 12.5 Å². The van der Waals surface area contributed by atoms with E-state index in [2.05, 4.69) is 10.6 Å². The fourth-order valence-corrected chi connectivity index (χ4v) is 2.06. The maximum absolute atomic E-state index is 11.8. The van der Waals surface area contributed by atoms with Gasteiger partial charge in [-0.3, -0.25) is 4.79 Å². The van der Waals surface area contributed by atoms with Crippen LogP contribution in [0.25, 0.3) is 0 Å². The van der Waals surface area contributed by atoms with Gasteiger partial charge in [-0.1, -0.05) is 12.1 Å². The van der Waals surface area contributed by atoms with Crippen molar-refractivity contribution >= 4 is 17.7 Å². The number of amides is 2. The SMILES string of the molecule is Cc1cc(CNC(=O)CNC(=O)OC(C)(C)C)ccc1N(C)C. The summed E-state index contributed by atoms with van der Waals surface area (Å²) in [5.74, 6) is -0.259. The third kappa shape index (κ3) is 7.04. The van der Waals surface area contributed by atoms with Crippen molar-refractivity contribution in [1.29, 1.82) is 0 Å². The van der Waals surface area contributed by atoms with Crippen molar-refractivity contribution in [2.24, 2.45) is 0 Å². The zero-order valence-electron chi connectivity index (χ0n) is 14.8. The number of carbonyl (C=O) groups excluding carboxylic acids is 2. The number of alkyl carbamates (subject to hydrolysis) is 1. The number of carbonyl (C=O) groups is 2. The van der Waals surface area contributed by atoms with E-state index in [1.54, 1.807) is 20.8 Å². The Hall–Kier alpha value is -2.24. The van der Waals surface area contributed by atoms with Crippen LogP contribution in [0.3, 0.4) is 0 Å². The molecular formula is C17H27N3O3. The standard InChI is InChI=1S/C17H27N3O3/c1-12-9-13(7-8-14(12)20(5)6)10-18-15(21)11-19-16(22)23-17(2,3)4/h7-9H,10-11H2,1-6H3,(H,18,21)(H,19,22). The summed E-state index contributed by atoms with van der Waals surface area (Å²) >= 11 is 0. The first-order chi connectivity index (χ1) is 10.6. The average Bonchev–Trinajstić information content (AvgIpc) is 2.40. The molecule has 0 unspecified atom stereocenters. The molecule has 1 aromatic rings. The summed E-state index contributed by atoms with van der Waals surface area (Å²) < 4.78 is 5.07. The molecule has 23 heavy (non-hydrogen) atoms. The van der Waals surface area contributed by atoms with Crippen molar-refractivity contribution in [3.63, 3.8) is 0 Å². The molecule has 0 aliphatic carbocycles. The van der Waals surface area contributed by atoms with E-state index in [4.69, 9.17) is 4.74 Å². The van der Waals surface area contributed by atoms with Crippen LogP contribution in [0.5, 0.6) is 0 Å². The monoisotopic (exact) mass is 321 g/mol. The Kier molecular flexibility index (Phi) is 6.42. The molecule has 0 spiro atoms. The molecular weight excluding hydrogens is 294 g/mol. The van der Waals surface area contributed by atoms with Crippen molar-refractivity contribution in [3.8, 4) is 0 Å². The lowest BCUT2D eigenvalue weighted by molar-refractivity contribution is -0.120. The highest BCUT2D eigenvalue weighted by atomic mass is 16.6. The molecule has 2 amide bonds. The molecule has 0 saturated carbocycles. The smallest absolute Gasteiger partial charge is 0.408 e. The van der Waals surface area contributed by atoms with E-state index in [1.165, 1.54) is 0 Å². The third-order valence-corrected chi connectivity index (χ3v) is 3.02. The number of hydrogen-bond acceptors (Lipinski definition) is 4. The molecule has 0 atom stereocenters. The molecule has 0 aromatic heterocycles. The Morgan fingerprint density at radius 1 is 1.17 bits per heavy atom. The Labute approximate surface area is 138 Å². The second kappa shape index (κ2) is 7.85. The molecule has 128 valence electrons. The highest BCUT2D eigenvalue weighted by Gasteiger charge is 2.16. The summed E-state index contributed by atoms with van der Waals surface area (Å²) in [5.41, 5.74) is 2.73. The number of benzene rings is 1. The number of aryl methyl sites for hydroxylation is 1. The normalized spacial score (nSPS) is 10.9. The van der Waals surface area contributed by atoms with Crippen LogP contribution < -0.4 is 15.5 Å². The van der Waals surface area contributed by atoms with Crippen molar-refractivity contribution in [2.75, 3.05) is 25.5 Å². The molecule has 6 heteroatoms. The van der Waals surface area contributed by atoms with Crippen LogP contribution in [0.2, 0.25) is 0 Å². The Bertz CT molecular complexity index is 563. The minimum atomic E-state index is -0.598. The van der Waals surface area contributed by atoms with E-state index >= 15 is 0 Å². The number of ether oxygens (including phenoxy) is 1. The summed E-state index contributed by atoms with van der Waals surface area (Å²) in [7, 11) is 3.98. The van der Waals surface area contributed by atoms with Crippen LogP contribution in [0.1, 0.15) is 31.9 Å². The quantitative estimate of drug-likeness (QED) is 0.872. The van der Waals surface area contributed by atoms with E-state index in [0.29, 0.717) is 6.54 Å². The maximum atomic E-state index is 11.8. The van der Waals surface area contributed by atoms with Crippen LogP contribution in [-0.2, 0) is 16.1 Å². The van der Waals surface area contributed by atoms with Crippen LogP contribution in [0.15, 0.2) is 18.2 Å². The fraction of sp³-hybridized carbons (Fsp3) is 0.529. The number of nitrogens with one attached hydrogen (secondary N) is 2. The third-order valence-electron chi connectivity index (χ3n) is 3.02. The molecule has 1 aromatic carbocycles. The first-order valence-electron chi connectivity index (χ1n) is 7.59. The Morgan fingerprint density at radius 2 is 1.83 bits per heavy atom. The van der Waals surface area contributed by atoms with Gasteiger partial charge in [0, 0.05) is 26.3 Å². The lowest BCUT2D eigenvalue weighted by Crippen LogP contribution is -2.39. The van der Waals surface area contributed by atoms with Gasteiger partial charge in [-0.25, -0.2) is 4.79 Å². The zero-order chi connectivity index (χ0) is 17.6. The first-order valence-corrected chi connectivity index (χ1v) is 7.59. The molecule has 1 rings (SSSR count). The van der Waals surface area contributed by atoms with Crippen LogP contribution in [0.4, 0.5) is 10.5 Å². The molecule has 0 heterocycles. The molecule has 0 aliphatic heterocycles. The highest BCUT2D eigenvalue weighted by molar-refractivity contribution is 5.82. The van der Waals surface area contributed by atoms with Gasteiger partial charge in [-0.05, 0) is 44.9 Å². The fourth-order valence-electron chi connectivity index (χ4n) is 2.06. The summed E-state index contributed by atoms with van der Waals surface area (Å²) in [6.07, 6.45) is -0.598. The van der Waals surface area contributed by atoms with Crippen molar-refractivity contribution in [1.82, 2.24) is 10.6 Å². The summed E-state index contributed by atoms with van der Waals surface area (Å²) in [6.45, 7) is 7.66. The van der Waals surface area contributed by atoms with Crippen LogP contribution >= 0.6 is 0 Å². The lowest BCUT2D eigenvalue weighted by Gasteiger charge is -2.19. The van der Waals surface area contributed by atoms with Gasteiger partial charge in [0.25, 0.3) is 0 Å². The molecule has 2 N–H and O–H groups in total. The summed E-state index contributed by atoms with van der Waals surface area (Å²) in [6, 6.07) is 6.04. The molecule has 0 fully saturated rings. The van der Waals surface area contributed by atoms with E-state index in [0.717, 1.165) is 16.8 Å². The zero-order valence-corrected chi connectivity index (χ0v) is 14.8. The van der Waals surface area contributed by atoms with E-state index < -0.39 is 11.7 Å². The maximum Gasteiger partial charge on any atom is 0.408 e. The van der Waals surface area contributed by atoms with Crippen molar-refractivity contribution < 1.29 is 14.3 Å². The Morgan fingerprint density at radius 3 is 2.35 bits per heavy atom. The number of anilines is 1. The number of rotatable bonds is 5. The minimum Gasteiger partial charge on any atom is -0.444 e.